The van der Waals surface area contributed by atoms with Crippen LogP contribution in [0.3, 0.4) is 0 Å². The van der Waals surface area contributed by atoms with E-state index in [2.05, 4.69) is 4.98 Å². The SMILES string of the molecule is O=C(O)[C@@H]1CC(F)(F)CN1C(=O)c1ccc(N2CC(F)(F)C2)c(OCC2CC2)n1. The van der Waals surface area contributed by atoms with Gasteiger partial charge in [0.05, 0.1) is 26.2 Å². The second-order valence-electron chi connectivity index (χ2n) is 7.83. The molecule has 1 N–H and O–H groups in total. The highest BCUT2D eigenvalue weighted by Gasteiger charge is 2.51. The van der Waals surface area contributed by atoms with Gasteiger partial charge in [-0.1, -0.05) is 0 Å². The number of likely N-dealkylation sites (tertiary alicyclic amines) is 1. The summed E-state index contributed by atoms with van der Waals surface area (Å²) in [5.41, 5.74) is 0.0189. The van der Waals surface area contributed by atoms with Crippen LogP contribution in [-0.4, -0.2) is 71.0 Å². The van der Waals surface area contributed by atoms with Gasteiger partial charge in [-0.2, -0.15) is 0 Å². The summed E-state index contributed by atoms with van der Waals surface area (Å²) in [6.07, 6.45) is 0.970. The van der Waals surface area contributed by atoms with E-state index in [1.165, 1.54) is 17.0 Å². The highest BCUT2D eigenvalue weighted by molar-refractivity contribution is 5.96. The number of carbonyl (C=O) groups excluding carboxylic acids is 1. The summed E-state index contributed by atoms with van der Waals surface area (Å²) in [5.74, 6) is -8.33. The first-order valence-electron chi connectivity index (χ1n) is 9.23. The number of carboxylic acids is 1. The zero-order chi connectivity index (χ0) is 21.0. The summed E-state index contributed by atoms with van der Waals surface area (Å²) in [6.45, 7) is -1.74. The standard InChI is InChI=1S/C18H19F4N3O4/c19-17(20)5-13(16(27)28)25(9-17)15(26)11-3-4-12(24-7-18(21,22)8-24)14(23-11)29-6-10-1-2-10/h3-4,10,13H,1-2,5-9H2,(H,27,28)/t13-/m0/s1. The van der Waals surface area contributed by atoms with E-state index in [0.29, 0.717) is 17.4 Å². The molecule has 1 atom stereocenters. The van der Waals surface area contributed by atoms with Crippen LogP contribution in [-0.2, 0) is 4.79 Å². The number of aliphatic carboxylic acids is 1. The number of rotatable bonds is 6. The molecule has 11 heteroatoms. The molecule has 0 radical (unpaired) electrons. The molecule has 1 amide bonds. The topological polar surface area (TPSA) is 83.0 Å². The summed E-state index contributed by atoms with van der Waals surface area (Å²) >= 11 is 0. The molecule has 1 aliphatic carbocycles. The summed E-state index contributed by atoms with van der Waals surface area (Å²) in [5, 5.41) is 9.17. The van der Waals surface area contributed by atoms with E-state index in [1.54, 1.807) is 0 Å². The van der Waals surface area contributed by atoms with Crippen molar-refractivity contribution in [1.82, 2.24) is 9.88 Å². The lowest BCUT2D eigenvalue weighted by atomic mass is 10.1. The summed E-state index contributed by atoms with van der Waals surface area (Å²) < 4.78 is 59.5. The van der Waals surface area contributed by atoms with Gasteiger partial charge in [0.1, 0.15) is 17.4 Å². The van der Waals surface area contributed by atoms with E-state index in [0.717, 1.165) is 12.8 Å². The van der Waals surface area contributed by atoms with Gasteiger partial charge >= 0.3 is 5.97 Å². The minimum Gasteiger partial charge on any atom is -0.480 e. The Morgan fingerprint density at radius 1 is 1.14 bits per heavy atom. The number of carboxylic acid groups (broad SMARTS) is 1. The molecule has 4 rings (SSSR count). The number of aromatic nitrogens is 1. The van der Waals surface area contributed by atoms with Crippen LogP contribution in [0.2, 0.25) is 0 Å². The third-order valence-corrected chi connectivity index (χ3v) is 5.21. The Morgan fingerprint density at radius 3 is 2.41 bits per heavy atom. The second kappa shape index (κ2) is 6.74. The molecule has 2 aliphatic heterocycles. The Labute approximate surface area is 163 Å². The number of nitrogens with zero attached hydrogens (tertiary/aromatic N) is 3. The molecular formula is C18H19F4N3O4. The number of ether oxygens (including phenoxy) is 1. The minimum absolute atomic E-state index is 0.0314. The van der Waals surface area contributed by atoms with E-state index < -0.39 is 55.8 Å². The van der Waals surface area contributed by atoms with E-state index in [9.17, 15) is 32.3 Å². The van der Waals surface area contributed by atoms with Crippen LogP contribution >= 0.6 is 0 Å². The number of pyridine rings is 1. The predicted octanol–water partition coefficient (Wildman–Crippen LogP) is 2.26. The van der Waals surface area contributed by atoms with Crippen molar-refractivity contribution >= 4 is 17.6 Å². The molecule has 3 fully saturated rings. The number of carbonyl (C=O) groups is 2. The Kier molecular flexibility index (Phi) is 4.58. The minimum atomic E-state index is -3.31. The molecule has 29 heavy (non-hydrogen) atoms. The van der Waals surface area contributed by atoms with Gasteiger partial charge in [0.15, 0.2) is 0 Å². The maximum absolute atomic E-state index is 13.7. The molecule has 3 aliphatic rings. The van der Waals surface area contributed by atoms with Crippen LogP contribution in [0.25, 0.3) is 0 Å². The van der Waals surface area contributed by atoms with Gasteiger partial charge in [0.2, 0.25) is 5.88 Å². The molecule has 0 aromatic carbocycles. The Morgan fingerprint density at radius 2 is 1.83 bits per heavy atom. The van der Waals surface area contributed by atoms with Gasteiger partial charge < -0.3 is 19.6 Å². The first-order valence-corrected chi connectivity index (χ1v) is 9.23. The lowest BCUT2D eigenvalue weighted by molar-refractivity contribution is -0.141. The fourth-order valence-corrected chi connectivity index (χ4v) is 3.46. The van der Waals surface area contributed by atoms with Crippen molar-refractivity contribution < 1.29 is 37.0 Å². The largest absolute Gasteiger partial charge is 0.480 e. The zero-order valence-electron chi connectivity index (χ0n) is 15.3. The molecule has 158 valence electrons. The van der Waals surface area contributed by atoms with Crippen LogP contribution < -0.4 is 9.64 Å². The van der Waals surface area contributed by atoms with Crippen molar-refractivity contribution in [2.24, 2.45) is 5.92 Å². The normalized spacial score (nSPS) is 24.9. The van der Waals surface area contributed by atoms with Crippen molar-refractivity contribution in [3.8, 4) is 5.88 Å². The number of hydrogen-bond donors (Lipinski definition) is 1. The van der Waals surface area contributed by atoms with Gasteiger partial charge in [0.25, 0.3) is 17.8 Å². The maximum atomic E-state index is 13.7. The average molecular weight is 417 g/mol. The van der Waals surface area contributed by atoms with E-state index >= 15 is 0 Å². The molecule has 2 saturated heterocycles. The van der Waals surface area contributed by atoms with Crippen LogP contribution in [0.4, 0.5) is 23.2 Å². The zero-order valence-corrected chi connectivity index (χ0v) is 15.3. The van der Waals surface area contributed by atoms with Gasteiger partial charge in [-0.3, -0.25) is 4.79 Å². The van der Waals surface area contributed by atoms with Gasteiger partial charge in [-0.25, -0.2) is 27.3 Å². The predicted molar refractivity (Wildman–Crippen MR) is 91.6 cm³/mol. The molecule has 1 aromatic rings. The Bertz CT molecular complexity index is 838. The van der Waals surface area contributed by atoms with Gasteiger partial charge in [-0.05, 0) is 30.9 Å². The van der Waals surface area contributed by atoms with Gasteiger partial charge in [0, 0.05) is 6.42 Å². The van der Waals surface area contributed by atoms with Crippen molar-refractivity contribution in [2.75, 3.05) is 31.1 Å². The van der Waals surface area contributed by atoms with Crippen LogP contribution in [0, 0.1) is 5.92 Å². The first kappa shape index (κ1) is 19.7. The summed E-state index contributed by atoms with van der Waals surface area (Å²) in [6, 6.07) is 0.929. The van der Waals surface area contributed by atoms with E-state index in [-0.39, 0.29) is 17.3 Å². The maximum Gasteiger partial charge on any atom is 0.326 e. The molecule has 0 spiro atoms. The Hall–Kier alpha value is -2.59. The lowest BCUT2D eigenvalue weighted by Gasteiger charge is -2.40. The molecule has 0 bridgehead atoms. The second-order valence-corrected chi connectivity index (χ2v) is 7.83. The molecule has 1 aromatic heterocycles. The number of halogens is 4. The van der Waals surface area contributed by atoms with Crippen molar-refractivity contribution in [2.45, 2.75) is 37.1 Å². The monoisotopic (exact) mass is 417 g/mol. The van der Waals surface area contributed by atoms with Crippen LogP contribution in [0.5, 0.6) is 5.88 Å². The summed E-state index contributed by atoms with van der Waals surface area (Å²) in [7, 11) is 0. The Balaban J connectivity index is 1.58. The fourth-order valence-electron chi connectivity index (χ4n) is 3.46. The quantitative estimate of drug-likeness (QED) is 0.715. The fraction of sp³-hybridized carbons (Fsp3) is 0.611. The number of alkyl halides is 4. The van der Waals surface area contributed by atoms with E-state index in [4.69, 9.17) is 4.74 Å². The van der Waals surface area contributed by atoms with Crippen LogP contribution in [0.15, 0.2) is 12.1 Å². The molecule has 0 unspecified atom stereocenters. The molecule has 3 heterocycles. The summed E-state index contributed by atoms with van der Waals surface area (Å²) in [4.78, 5) is 30.0. The van der Waals surface area contributed by atoms with Gasteiger partial charge in [-0.15, -0.1) is 0 Å². The lowest BCUT2D eigenvalue weighted by Crippen LogP contribution is -2.56. The molecule has 7 nitrogen and oxygen atoms in total. The van der Waals surface area contributed by atoms with E-state index in [1.807, 2.05) is 0 Å². The highest BCUT2D eigenvalue weighted by atomic mass is 19.3. The number of hydrogen-bond acceptors (Lipinski definition) is 5. The smallest absolute Gasteiger partial charge is 0.326 e. The van der Waals surface area contributed by atoms with Crippen molar-refractivity contribution in [1.29, 1.82) is 0 Å². The number of amides is 1. The molecular weight excluding hydrogens is 398 g/mol. The molecule has 1 saturated carbocycles. The third-order valence-electron chi connectivity index (χ3n) is 5.21. The number of anilines is 1. The van der Waals surface area contributed by atoms with Crippen LogP contribution in [0.1, 0.15) is 29.8 Å². The average Bonchev–Trinajstić information content (AvgIpc) is 3.38. The highest BCUT2D eigenvalue weighted by Crippen LogP contribution is 2.39. The third kappa shape index (κ3) is 4.08. The van der Waals surface area contributed by atoms with Crippen molar-refractivity contribution in [3.05, 3.63) is 17.8 Å². The van der Waals surface area contributed by atoms with Crippen molar-refractivity contribution in [3.63, 3.8) is 0 Å². The first-order chi connectivity index (χ1) is 13.5.